The van der Waals surface area contributed by atoms with Gasteiger partial charge in [-0.25, -0.2) is 0 Å². The number of carbonyl (C=O) groups is 1. The first-order valence-corrected chi connectivity index (χ1v) is 6.27. The molecular formula is C10H12ClNO2S. The minimum absolute atomic E-state index is 0.00724. The molecule has 1 unspecified atom stereocenters. The summed E-state index contributed by atoms with van der Waals surface area (Å²) in [4.78, 5) is 13.9. The highest BCUT2D eigenvalue weighted by molar-refractivity contribution is 7.08. The van der Waals surface area contributed by atoms with E-state index >= 15 is 0 Å². The molecule has 0 aliphatic carbocycles. The molecule has 1 aromatic rings. The van der Waals surface area contributed by atoms with Crippen LogP contribution in [0.25, 0.3) is 0 Å². The van der Waals surface area contributed by atoms with Crippen LogP contribution in [-0.2, 0) is 4.74 Å². The van der Waals surface area contributed by atoms with E-state index in [9.17, 15) is 4.79 Å². The molecule has 0 N–H and O–H groups in total. The first-order valence-electron chi connectivity index (χ1n) is 4.80. The molecule has 1 aliphatic heterocycles. The Morgan fingerprint density at radius 1 is 1.73 bits per heavy atom. The number of hydrogen-bond acceptors (Lipinski definition) is 3. The van der Waals surface area contributed by atoms with Gasteiger partial charge in [0.2, 0.25) is 0 Å². The summed E-state index contributed by atoms with van der Waals surface area (Å²) in [6, 6.07) is 1.85. The lowest BCUT2D eigenvalue weighted by molar-refractivity contribution is 0.00459. The van der Waals surface area contributed by atoms with Gasteiger partial charge in [0.1, 0.15) is 0 Å². The van der Waals surface area contributed by atoms with Gasteiger partial charge in [-0.15, -0.1) is 11.6 Å². The summed E-state index contributed by atoms with van der Waals surface area (Å²) in [7, 11) is 0. The fourth-order valence-corrected chi connectivity index (χ4v) is 2.49. The standard InChI is InChI=1S/C10H12ClNO2S/c11-5-9-6-14-3-2-12(9)10(13)8-1-4-15-7-8/h1,4,7,9H,2-3,5-6H2. The predicted molar refractivity (Wildman–Crippen MR) is 60.7 cm³/mol. The van der Waals surface area contributed by atoms with Gasteiger partial charge in [0, 0.05) is 17.8 Å². The largest absolute Gasteiger partial charge is 0.377 e. The fourth-order valence-electron chi connectivity index (χ4n) is 1.60. The maximum Gasteiger partial charge on any atom is 0.255 e. The van der Waals surface area contributed by atoms with E-state index in [0.717, 1.165) is 5.56 Å². The van der Waals surface area contributed by atoms with Crippen molar-refractivity contribution in [1.29, 1.82) is 0 Å². The number of hydrogen-bond donors (Lipinski definition) is 0. The Labute approximate surface area is 97.6 Å². The quantitative estimate of drug-likeness (QED) is 0.744. The van der Waals surface area contributed by atoms with E-state index in [1.807, 2.05) is 16.8 Å². The summed E-state index contributed by atoms with van der Waals surface area (Å²) < 4.78 is 5.30. The second-order valence-corrected chi connectivity index (χ2v) is 4.48. The van der Waals surface area contributed by atoms with E-state index in [-0.39, 0.29) is 11.9 Å². The first-order chi connectivity index (χ1) is 7.33. The van der Waals surface area contributed by atoms with Gasteiger partial charge in [-0.05, 0) is 11.4 Å². The molecule has 1 fully saturated rings. The Morgan fingerprint density at radius 3 is 3.27 bits per heavy atom. The van der Waals surface area contributed by atoms with Crippen molar-refractivity contribution in [3.8, 4) is 0 Å². The molecule has 0 spiro atoms. The highest BCUT2D eigenvalue weighted by Crippen LogP contribution is 2.15. The molecular weight excluding hydrogens is 234 g/mol. The number of carbonyl (C=O) groups excluding carboxylic acids is 1. The van der Waals surface area contributed by atoms with Gasteiger partial charge >= 0.3 is 0 Å². The zero-order chi connectivity index (χ0) is 10.7. The Balaban J connectivity index is 2.11. The lowest BCUT2D eigenvalue weighted by atomic mass is 10.2. The zero-order valence-electron chi connectivity index (χ0n) is 8.19. The van der Waals surface area contributed by atoms with E-state index in [0.29, 0.717) is 25.6 Å². The van der Waals surface area contributed by atoms with Gasteiger partial charge < -0.3 is 9.64 Å². The second-order valence-electron chi connectivity index (χ2n) is 3.39. The Bertz CT molecular complexity index is 328. The number of ether oxygens (including phenoxy) is 1. The van der Waals surface area contributed by atoms with Crippen molar-refractivity contribution in [2.24, 2.45) is 0 Å². The highest BCUT2D eigenvalue weighted by Gasteiger charge is 2.27. The normalized spacial score (nSPS) is 21.7. The van der Waals surface area contributed by atoms with Gasteiger partial charge in [-0.2, -0.15) is 11.3 Å². The summed E-state index contributed by atoms with van der Waals surface area (Å²) >= 11 is 7.34. The van der Waals surface area contributed by atoms with Crippen LogP contribution in [0.4, 0.5) is 0 Å². The van der Waals surface area contributed by atoms with Gasteiger partial charge in [0.15, 0.2) is 0 Å². The number of amides is 1. The number of halogens is 1. The molecule has 82 valence electrons. The van der Waals surface area contributed by atoms with Crippen molar-refractivity contribution in [2.45, 2.75) is 6.04 Å². The van der Waals surface area contributed by atoms with Gasteiger partial charge in [0.25, 0.3) is 5.91 Å². The molecule has 2 rings (SSSR count). The molecule has 1 saturated heterocycles. The van der Waals surface area contributed by atoms with Crippen molar-refractivity contribution in [3.63, 3.8) is 0 Å². The van der Waals surface area contributed by atoms with Crippen molar-refractivity contribution in [2.75, 3.05) is 25.6 Å². The number of morpholine rings is 1. The maximum atomic E-state index is 12.0. The first kappa shape index (κ1) is 10.9. The molecule has 0 aromatic carbocycles. The number of nitrogens with zero attached hydrogens (tertiary/aromatic N) is 1. The Kier molecular flexibility index (Phi) is 3.61. The molecule has 1 aliphatic rings. The summed E-state index contributed by atoms with van der Waals surface area (Å²) in [5, 5.41) is 3.77. The third-order valence-corrected chi connectivity index (χ3v) is 3.47. The van der Waals surface area contributed by atoms with Crippen LogP contribution in [0.3, 0.4) is 0 Å². The van der Waals surface area contributed by atoms with Crippen LogP contribution < -0.4 is 0 Å². The third-order valence-electron chi connectivity index (χ3n) is 2.43. The molecule has 0 radical (unpaired) electrons. The number of alkyl halides is 1. The number of rotatable bonds is 2. The maximum absolute atomic E-state index is 12.0. The summed E-state index contributed by atoms with van der Waals surface area (Å²) in [5.74, 6) is 0.487. The van der Waals surface area contributed by atoms with Gasteiger partial charge in [0.05, 0.1) is 24.8 Å². The lowest BCUT2D eigenvalue weighted by Gasteiger charge is -2.34. The summed E-state index contributed by atoms with van der Waals surface area (Å²) in [6.07, 6.45) is 0. The molecule has 1 atom stereocenters. The minimum atomic E-state index is 0.00724. The van der Waals surface area contributed by atoms with E-state index < -0.39 is 0 Å². The van der Waals surface area contributed by atoms with Crippen molar-refractivity contribution < 1.29 is 9.53 Å². The van der Waals surface area contributed by atoms with Crippen LogP contribution in [0.2, 0.25) is 0 Å². The molecule has 3 nitrogen and oxygen atoms in total. The van der Waals surface area contributed by atoms with E-state index in [1.54, 1.807) is 4.90 Å². The van der Waals surface area contributed by atoms with Crippen molar-refractivity contribution in [3.05, 3.63) is 22.4 Å². The Hall–Kier alpha value is -0.580. The topological polar surface area (TPSA) is 29.5 Å². The van der Waals surface area contributed by atoms with E-state index in [4.69, 9.17) is 16.3 Å². The van der Waals surface area contributed by atoms with Crippen LogP contribution in [0.1, 0.15) is 10.4 Å². The minimum Gasteiger partial charge on any atom is -0.377 e. The van der Waals surface area contributed by atoms with Gasteiger partial charge in [-0.3, -0.25) is 4.79 Å². The average molecular weight is 246 g/mol. The second kappa shape index (κ2) is 4.96. The highest BCUT2D eigenvalue weighted by atomic mass is 35.5. The SMILES string of the molecule is O=C(c1ccsc1)N1CCOCC1CCl. The average Bonchev–Trinajstić information content (AvgIpc) is 2.81. The van der Waals surface area contributed by atoms with Crippen molar-refractivity contribution >= 4 is 28.8 Å². The summed E-state index contributed by atoms with van der Waals surface area (Å²) in [5.41, 5.74) is 0.747. The van der Waals surface area contributed by atoms with E-state index in [2.05, 4.69) is 0 Å². The van der Waals surface area contributed by atoms with Crippen molar-refractivity contribution in [1.82, 2.24) is 4.90 Å². The fraction of sp³-hybridized carbons (Fsp3) is 0.500. The van der Waals surface area contributed by atoms with Crippen LogP contribution in [0, 0.1) is 0 Å². The van der Waals surface area contributed by atoms with Crippen LogP contribution in [-0.4, -0.2) is 42.5 Å². The molecule has 5 heteroatoms. The summed E-state index contributed by atoms with van der Waals surface area (Å²) in [6.45, 7) is 1.77. The lowest BCUT2D eigenvalue weighted by Crippen LogP contribution is -2.49. The van der Waals surface area contributed by atoms with E-state index in [1.165, 1.54) is 11.3 Å². The molecule has 1 aromatic heterocycles. The molecule has 0 bridgehead atoms. The predicted octanol–water partition coefficient (Wildman–Crippen LogP) is 1.83. The van der Waals surface area contributed by atoms with Gasteiger partial charge in [-0.1, -0.05) is 0 Å². The monoisotopic (exact) mass is 245 g/mol. The molecule has 15 heavy (non-hydrogen) atoms. The Morgan fingerprint density at radius 2 is 2.60 bits per heavy atom. The zero-order valence-corrected chi connectivity index (χ0v) is 9.76. The molecule has 2 heterocycles. The van der Waals surface area contributed by atoms with Crippen LogP contribution in [0.15, 0.2) is 16.8 Å². The molecule has 0 saturated carbocycles. The van der Waals surface area contributed by atoms with Crippen LogP contribution in [0.5, 0.6) is 0 Å². The number of thiophene rings is 1. The smallest absolute Gasteiger partial charge is 0.255 e. The third kappa shape index (κ3) is 2.33. The molecule has 1 amide bonds. The van der Waals surface area contributed by atoms with Crippen LogP contribution >= 0.6 is 22.9 Å².